The maximum atomic E-state index is 14.2. The monoisotopic (exact) mass is 260 g/mol. The van der Waals surface area contributed by atoms with Crippen LogP contribution in [0.5, 0.6) is 0 Å². The standard InChI is InChI=1S/C11H12ClFN4/c1-7(2)17-11(9(13)5-16-17)10-8(3-12)4-14-6-15-10/h4-7H,3H2,1-2H3/i1D3,2D3. The van der Waals surface area contributed by atoms with Crippen LogP contribution < -0.4 is 0 Å². The molecule has 0 N–H and O–H groups in total. The van der Waals surface area contributed by atoms with Gasteiger partial charge in [0.25, 0.3) is 0 Å². The van der Waals surface area contributed by atoms with E-state index in [1.807, 2.05) is 0 Å². The molecule has 0 bridgehead atoms. The van der Waals surface area contributed by atoms with Crippen LogP contribution in [0.25, 0.3) is 11.4 Å². The van der Waals surface area contributed by atoms with Crippen LogP contribution in [0.4, 0.5) is 4.39 Å². The smallest absolute Gasteiger partial charge is 0.170 e. The summed E-state index contributed by atoms with van der Waals surface area (Å²) in [6.07, 6.45) is 3.22. The molecule has 0 unspecified atom stereocenters. The van der Waals surface area contributed by atoms with Crippen molar-refractivity contribution in [3.8, 4) is 11.4 Å². The molecule has 0 fully saturated rings. The zero-order valence-electron chi connectivity index (χ0n) is 14.6. The second-order valence-corrected chi connectivity index (χ2v) is 3.49. The SMILES string of the molecule is [2H]C([2H])([2H])C(n1ncc(F)c1-c1ncncc1CCl)C([2H])([2H])[2H]. The van der Waals surface area contributed by atoms with E-state index in [1.54, 1.807) is 0 Å². The Bertz CT molecular complexity index is 685. The summed E-state index contributed by atoms with van der Waals surface area (Å²) in [4.78, 5) is 7.65. The number of alkyl halides is 1. The third-order valence-corrected chi connectivity index (χ3v) is 2.44. The molecular formula is C11H12ClFN4. The Kier molecular flexibility index (Phi) is 1.82. The van der Waals surface area contributed by atoms with E-state index in [2.05, 4.69) is 15.1 Å². The van der Waals surface area contributed by atoms with Gasteiger partial charge in [-0.25, -0.2) is 14.4 Å². The van der Waals surface area contributed by atoms with E-state index in [0.717, 1.165) is 12.5 Å². The maximum absolute atomic E-state index is 14.2. The van der Waals surface area contributed by atoms with E-state index < -0.39 is 25.6 Å². The lowest BCUT2D eigenvalue weighted by atomic mass is 10.2. The van der Waals surface area contributed by atoms with E-state index in [4.69, 9.17) is 19.8 Å². The zero-order valence-corrected chi connectivity index (χ0v) is 9.32. The Balaban J connectivity index is 2.72. The molecule has 0 aliphatic carbocycles. The lowest BCUT2D eigenvalue weighted by Gasteiger charge is -2.12. The van der Waals surface area contributed by atoms with Gasteiger partial charge in [0.2, 0.25) is 0 Å². The summed E-state index contributed by atoms with van der Waals surface area (Å²) < 4.78 is 59.7. The van der Waals surface area contributed by atoms with Crippen LogP contribution in [0.3, 0.4) is 0 Å². The van der Waals surface area contributed by atoms with Crippen LogP contribution in [0.2, 0.25) is 0 Å². The molecule has 0 atom stereocenters. The molecule has 0 aromatic carbocycles. The fraction of sp³-hybridized carbons (Fsp3) is 0.364. The van der Waals surface area contributed by atoms with Crippen LogP contribution in [0.15, 0.2) is 18.7 Å². The van der Waals surface area contributed by atoms with E-state index in [-0.39, 0.29) is 17.3 Å². The molecule has 0 saturated carbocycles. The van der Waals surface area contributed by atoms with Crippen LogP contribution in [-0.2, 0) is 5.88 Å². The fourth-order valence-electron chi connectivity index (χ4n) is 1.43. The summed E-state index contributed by atoms with van der Waals surface area (Å²) in [5.41, 5.74) is -0.0200. The van der Waals surface area contributed by atoms with Gasteiger partial charge < -0.3 is 0 Å². The highest BCUT2D eigenvalue weighted by atomic mass is 35.5. The first kappa shape index (κ1) is 6.44. The first-order valence-electron chi connectivity index (χ1n) is 7.65. The first-order valence-corrected chi connectivity index (χ1v) is 5.19. The van der Waals surface area contributed by atoms with Gasteiger partial charge in [0.15, 0.2) is 5.82 Å². The minimum Gasteiger partial charge on any atom is -0.258 e. The molecule has 2 heterocycles. The summed E-state index contributed by atoms with van der Waals surface area (Å²) in [7, 11) is 0. The van der Waals surface area contributed by atoms with Crippen molar-refractivity contribution in [2.45, 2.75) is 25.6 Å². The average molecular weight is 261 g/mol. The van der Waals surface area contributed by atoms with Gasteiger partial charge in [-0.2, -0.15) is 5.10 Å². The molecular weight excluding hydrogens is 243 g/mol. The minimum absolute atomic E-state index is 0.00324. The predicted molar refractivity (Wildman–Crippen MR) is 63.2 cm³/mol. The Morgan fingerprint density at radius 3 is 3.06 bits per heavy atom. The lowest BCUT2D eigenvalue weighted by molar-refractivity contribution is 0.533. The second-order valence-electron chi connectivity index (χ2n) is 3.22. The summed E-state index contributed by atoms with van der Waals surface area (Å²) in [5, 5.41) is 3.62. The van der Waals surface area contributed by atoms with Crippen molar-refractivity contribution >= 4 is 11.6 Å². The molecule has 2 rings (SSSR count). The Morgan fingerprint density at radius 1 is 1.53 bits per heavy atom. The Labute approximate surface area is 112 Å². The molecule has 2 aromatic heterocycles. The highest BCUT2D eigenvalue weighted by Gasteiger charge is 2.18. The van der Waals surface area contributed by atoms with E-state index >= 15 is 0 Å². The summed E-state index contributed by atoms with van der Waals surface area (Å²) >= 11 is 5.76. The third kappa shape index (κ3) is 2.15. The highest BCUT2D eigenvalue weighted by Crippen LogP contribution is 2.26. The van der Waals surface area contributed by atoms with E-state index in [1.165, 1.54) is 6.20 Å². The molecule has 0 radical (unpaired) electrons. The van der Waals surface area contributed by atoms with Crippen molar-refractivity contribution in [2.75, 3.05) is 0 Å². The highest BCUT2D eigenvalue weighted by molar-refractivity contribution is 6.17. The molecule has 0 aliphatic heterocycles. The molecule has 0 spiro atoms. The molecule has 90 valence electrons. The van der Waals surface area contributed by atoms with Gasteiger partial charge in [-0.05, 0) is 13.7 Å². The number of nitrogens with zero attached hydrogens (tertiary/aromatic N) is 4. The quantitative estimate of drug-likeness (QED) is 0.797. The topological polar surface area (TPSA) is 43.6 Å². The van der Waals surface area contributed by atoms with Crippen molar-refractivity contribution in [1.82, 2.24) is 19.7 Å². The van der Waals surface area contributed by atoms with Gasteiger partial charge in [0.1, 0.15) is 12.0 Å². The van der Waals surface area contributed by atoms with Gasteiger partial charge in [-0.1, -0.05) is 0 Å². The minimum atomic E-state index is -2.92. The molecule has 0 saturated heterocycles. The third-order valence-electron chi connectivity index (χ3n) is 2.15. The van der Waals surface area contributed by atoms with Crippen molar-refractivity contribution < 1.29 is 12.6 Å². The fourth-order valence-corrected chi connectivity index (χ4v) is 1.62. The van der Waals surface area contributed by atoms with Crippen molar-refractivity contribution in [2.24, 2.45) is 0 Å². The second kappa shape index (κ2) is 4.79. The summed E-state index contributed by atoms with van der Waals surface area (Å²) in [5.74, 6) is -0.957. The van der Waals surface area contributed by atoms with Gasteiger partial charge in [0.05, 0.1) is 17.8 Å². The van der Waals surface area contributed by atoms with Crippen LogP contribution in [-0.4, -0.2) is 19.7 Å². The number of rotatable bonds is 3. The van der Waals surface area contributed by atoms with Crippen molar-refractivity contribution in [3.63, 3.8) is 0 Å². The van der Waals surface area contributed by atoms with Gasteiger partial charge in [0, 0.05) is 26.0 Å². The Hall–Kier alpha value is -1.49. The van der Waals surface area contributed by atoms with E-state index in [9.17, 15) is 4.39 Å². The van der Waals surface area contributed by atoms with Crippen molar-refractivity contribution in [1.29, 1.82) is 0 Å². The summed E-state index contributed by atoms with van der Waals surface area (Å²) in [6, 6.07) is -2.02. The predicted octanol–water partition coefficient (Wildman–Crippen LogP) is 2.80. The number of hydrogen-bond donors (Lipinski definition) is 0. The number of hydrogen-bond acceptors (Lipinski definition) is 3. The lowest BCUT2D eigenvalue weighted by Crippen LogP contribution is -2.07. The molecule has 0 aliphatic rings. The van der Waals surface area contributed by atoms with Gasteiger partial charge in [-0.15, -0.1) is 11.6 Å². The van der Waals surface area contributed by atoms with Crippen LogP contribution >= 0.6 is 11.6 Å². The molecule has 4 nitrogen and oxygen atoms in total. The number of aromatic nitrogens is 4. The van der Waals surface area contributed by atoms with Crippen molar-refractivity contribution in [3.05, 3.63) is 30.1 Å². The largest absolute Gasteiger partial charge is 0.258 e. The van der Waals surface area contributed by atoms with E-state index in [0.29, 0.717) is 10.2 Å². The molecule has 2 aromatic rings. The van der Waals surface area contributed by atoms with Gasteiger partial charge >= 0.3 is 0 Å². The van der Waals surface area contributed by atoms with Crippen LogP contribution in [0, 0.1) is 5.82 Å². The Morgan fingerprint density at radius 2 is 2.35 bits per heavy atom. The first-order chi connectivity index (χ1) is 10.6. The summed E-state index contributed by atoms with van der Waals surface area (Å²) in [6.45, 7) is -5.85. The van der Waals surface area contributed by atoms with Gasteiger partial charge in [-0.3, -0.25) is 4.68 Å². The molecule has 17 heavy (non-hydrogen) atoms. The van der Waals surface area contributed by atoms with Crippen LogP contribution in [0.1, 0.15) is 33.5 Å². The molecule has 6 heteroatoms. The number of halogens is 2. The maximum Gasteiger partial charge on any atom is 0.170 e. The zero-order chi connectivity index (χ0) is 17.4. The average Bonchev–Trinajstić information content (AvgIpc) is 2.76. The normalized spacial score (nSPS) is 17.8. The molecule has 0 amide bonds.